The van der Waals surface area contributed by atoms with E-state index in [1.807, 2.05) is 26.0 Å². The molecule has 0 bridgehead atoms. The summed E-state index contributed by atoms with van der Waals surface area (Å²) in [5.41, 5.74) is 0.121. The molecule has 0 fully saturated rings. The second kappa shape index (κ2) is 7.87. The first-order valence-electron chi connectivity index (χ1n) is 9.58. The molecule has 2 heterocycles. The Bertz CT molecular complexity index is 1360. The van der Waals surface area contributed by atoms with E-state index in [4.69, 9.17) is 13.6 Å². The van der Waals surface area contributed by atoms with Gasteiger partial charge >= 0.3 is 17.3 Å². The van der Waals surface area contributed by atoms with E-state index in [1.165, 1.54) is 17.0 Å². The molecule has 0 unspecified atom stereocenters. The average Bonchev–Trinajstić information content (AvgIpc) is 2.73. The van der Waals surface area contributed by atoms with Gasteiger partial charge in [0.25, 0.3) is 0 Å². The van der Waals surface area contributed by atoms with Crippen LogP contribution in [0.3, 0.4) is 0 Å². The molecule has 4 rings (SSSR count). The maximum atomic E-state index is 12.6. The van der Waals surface area contributed by atoms with Crippen LogP contribution in [0.4, 0.5) is 4.79 Å². The minimum Gasteiger partial charge on any atom is -0.423 e. The SMILES string of the molecule is CCN(CC)C(=O)Oc1ccc2c(-c3cc4ccccc4oc3=O)cc(=O)oc2c1. The molecule has 2 aromatic carbocycles. The maximum absolute atomic E-state index is 12.6. The van der Waals surface area contributed by atoms with E-state index < -0.39 is 17.3 Å². The third-order valence-corrected chi connectivity index (χ3v) is 4.87. The number of fused-ring (bicyclic) bond motifs is 2. The first-order valence-corrected chi connectivity index (χ1v) is 9.58. The van der Waals surface area contributed by atoms with Crippen molar-refractivity contribution in [3.63, 3.8) is 0 Å². The molecule has 4 aromatic rings. The molecule has 0 saturated heterocycles. The van der Waals surface area contributed by atoms with Gasteiger partial charge in [-0.25, -0.2) is 14.4 Å². The summed E-state index contributed by atoms with van der Waals surface area (Å²) in [4.78, 5) is 38.5. The van der Waals surface area contributed by atoms with Crippen molar-refractivity contribution in [2.24, 2.45) is 0 Å². The Morgan fingerprint density at radius 3 is 2.43 bits per heavy atom. The van der Waals surface area contributed by atoms with E-state index in [0.717, 1.165) is 5.39 Å². The van der Waals surface area contributed by atoms with E-state index in [1.54, 1.807) is 30.3 Å². The highest BCUT2D eigenvalue weighted by molar-refractivity contribution is 5.95. The zero-order valence-corrected chi connectivity index (χ0v) is 16.5. The Labute approximate surface area is 171 Å². The highest BCUT2D eigenvalue weighted by atomic mass is 16.6. The summed E-state index contributed by atoms with van der Waals surface area (Å²) >= 11 is 0. The van der Waals surface area contributed by atoms with Gasteiger partial charge in [-0.15, -0.1) is 0 Å². The molecule has 0 radical (unpaired) electrons. The lowest BCUT2D eigenvalue weighted by Gasteiger charge is -2.17. The van der Waals surface area contributed by atoms with Crippen LogP contribution < -0.4 is 16.0 Å². The summed E-state index contributed by atoms with van der Waals surface area (Å²) in [5.74, 6) is 0.241. The van der Waals surface area contributed by atoms with Gasteiger partial charge in [-0.3, -0.25) is 0 Å². The molecule has 0 aliphatic heterocycles. The van der Waals surface area contributed by atoms with E-state index in [2.05, 4.69) is 0 Å². The molecule has 7 heteroatoms. The van der Waals surface area contributed by atoms with Gasteiger partial charge in [0.2, 0.25) is 0 Å². The van der Waals surface area contributed by atoms with Gasteiger partial charge in [0.15, 0.2) is 0 Å². The molecule has 0 spiro atoms. The lowest BCUT2D eigenvalue weighted by molar-refractivity contribution is 0.157. The molecule has 0 aliphatic rings. The smallest absolute Gasteiger partial charge is 0.415 e. The van der Waals surface area contributed by atoms with Crippen molar-refractivity contribution in [2.75, 3.05) is 13.1 Å². The highest BCUT2D eigenvalue weighted by Crippen LogP contribution is 2.29. The molecule has 0 N–H and O–H groups in total. The van der Waals surface area contributed by atoms with Crippen LogP contribution in [0.25, 0.3) is 33.1 Å². The number of para-hydroxylation sites is 1. The quantitative estimate of drug-likeness (QED) is 0.467. The molecular formula is C23H19NO6. The average molecular weight is 405 g/mol. The Kier molecular flexibility index (Phi) is 5.10. The van der Waals surface area contributed by atoms with Gasteiger partial charge in [0.05, 0.1) is 5.56 Å². The summed E-state index contributed by atoms with van der Waals surface area (Å²) in [6.07, 6.45) is -0.493. The summed E-state index contributed by atoms with van der Waals surface area (Å²) in [6, 6.07) is 14.8. The minimum atomic E-state index is -0.628. The number of rotatable bonds is 4. The van der Waals surface area contributed by atoms with Crippen LogP contribution in [0.2, 0.25) is 0 Å². The number of ether oxygens (including phenoxy) is 1. The minimum absolute atomic E-state index is 0.204. The summed E-state index contributed by atoms with van der Waals surface area (Å²) in [5, 5.41) is 1.26. The van der Waals surface area contributed by atoms with Crippen LogP contribution in [0.1, 0.15) is 13.8 Å². The number of benzene rings is 2. The molecule has 7 nitrogen and oxygen atoms in total. The molecule has 1 amide bonds. The van der Waals surface area contributed by atoms with Crippen molar-refractivity contribution in [1.29, 1.82) is 0 Å². The topological polar surface area (TPSA) is 90.0 Å². The van der Waals surface area contributed by atoms with Crippen LogP contribution in [-0.4, -0.2) is 24.1 Å². The second-order valence-corrected chi connectivity index (χ2v) is 6.66. The summed E-state index contributed by atoms with van der Waals surface area (Å²) in [6.45, 7) is 4.73. The Balaban J connectivity index is 1.83. The predicted octanol–water partition coefficient (Wildman–Crippen LogP) is 4.41. The number of carbonyl (C=O) groups is 1. The van der Waals surface area contributed by atoms with Gasteiger partial charge in [-0.05, 0) is 38.1 Å². The lowest BCUT2D eigenvalue weighted by Crippen LogP contribution is -2.33. The predicted molar refractivity (Wildman–Crippen MR) is 113 cm³/mol. The van der Waals surface area contributed by atoms with Crippen LogP contribution >= 0.6 is 0 Å². The van der Waals surface area contributed by atoms with E-state index in [-0.39, 0.29) is 16.9 Å². The van der Waals surface area contributed by atoms with Crippen LogP contribution in [0.15, 0.2) is 73.0 Å². The van der Waals surface area contributed by atoms with Crippen molar-refractivity contribution in [1.82, 2.24) is 4.90 Å². The third-order valence-electron chi connectivity index (χ3n) is 4.87. The molecule has 30 heavy (non-hydrogen) atoms. The zero-order valence-electron chi connectivity index (χ0n) is 16.5. The maximum Gasteiger partial charge on any atom is 0.415 e. The molecule has 152 valence electrons. The number of hydrogen-bond acceptors (Lipinski definition) is 6. The molecule has 0 aliphatic carbocycles. The van der Waals surface area contributed by atoms with Gasteiger partial charge in [0.1, 0.15) is 16.9 Å². The van der Waals surface area contributed by atoms with Gasteiger partial charge in [-0.2, -0.15) is 0 Å². The summed E-state index contributed by atoms with van der Waals surface area (Å²) in [7, 11) is 0. The van der Waals surface area contributed by atoms with Crippen molar-refractivity contribution in [3.05, 3.63) is 75.4 Å². The number of carbonyl (C=O) groups excluding carboxylic acids is 1. The van der Waals surface area contributed by atoms with Crippen molar-refractivity contribution in [2.45, 2.75) is 13.8 Å². The van der Waals surface area contributed by atoms with Crippen molar-refractivity contribution >= 4 is 28.0 Å². The Morgan fingerprint density at radius 2 is 1.67 bits per heavy atom. The fourth-order valence-electron chi connectivity index (χ4n) is 3.33. The van der Waals surface area contributed by atoms with Gasteiger partial charge in [0, 0.05) is 41.6 Å². The first-order chi connectivity index (χ1) is 14.5. The van der Waals surface area contributed by atoms with E-state index in [9.17, 15) is 14.4 Å². The molecule has 0 saturated carbocycles. The fourth-order valence-corrected chi connectivity index (χ4v) is 3.33. The number of amides is 1. The van der Waals surface area contributed by atoms with Crippen molar-refractivity contribution in [3.8, 4) is 16.9 Å². The van der Waals surface area contributed by atoms with Gasteiger partial charge in [-0.1, -0.05) is 18.2 Å². The third kappa shape index (κ3) is 3.57. The van der Waals surface area contributed by atoms with Crippen molar-refractivity contribution < 1.29 is 18.4 Å². The number of nitrogens with zero attached hydrogens (tertiary/aromatic N) is 1. The molecule has 0 atom stereocenters. The van der Waals surface area contributed by atoms with Gasteiger partial charge < -0.3 is 18.5 Å². The Hall–Kier alpha value is -3.87. The van der Waals surface area contributed by atoms with Crippen LogP contribution in [-0.2, 0) is 0 Å². The van der Waals surface area contributed by atoms with E-state index >= 15 is 0 Å². The molecule has 2 aromatic heterocycles. The van der Waals surface area contributed by atoms with E-state index in [0.29, 0.717) is 29.6 Å². The van der Waals surface area contributed by atoms with Crippen LogP contribution in [0.5, 0.6) is 5.75 Å². The second-order valence-electron chi connectivity index (χ2n) is 6.66. The highest BCUT2D eigenvalue weighted by Gasteiger charge is 2.16. The zero-order chi connectivity index (χ0) is 21.3. The Morgan fingerprint density at radius 1 is 0.900 bits per heavy atom. The number of hydrogen-bond donors (Lipinski definition) is 0. The standard InChI is InChI=1S/C23H19NO6/c1-3-24(4-2)23(27)28-15-9-10-16-17(13-21(25)29-20(16)12-15)18-11-14-7-5-6-8-19(14)30-22(18)26/h5-13H,3-4H2,1-2H3. The largest absolute Gasteiger partial charge is 0.423 e. The monoisotopic (exact) mass is 405 g/mol. The van der Waals surface area contributed by atoms with Crippen LogP contribution in [0, 0.1) is 0 Å². The fraction of sp³-hybridized carbons (Fsp3) is 0.174. The first kappa shape index (κ1) is 19.4. The lowest BCUT2D eigenvalue weighted by atomic mass is 10.0. The normalized spacial score (nSPS) is 11.0. The molecular weight excluding hydrogens is 386 g/mol. The summed E-state index contributed by atoms with van der Waals surface area (Å²) < 4.78 is 16.1.